The summed E-state index contributed by atoms with van der Waals surface area (Å²) in [5.74, 6) is 2.07. The van der Waals surface area contributed by atoms with E-state index in [1.807, 2.05) is 30.3 Å². The second-order valence-electron chi connectivity index (χ2n) is 6.78. The second kappa shape index (κ2) is 8.34. The number of piperazine rings is 1. The Kier molecular flexibility index (Phi) is 5.46. The first kappa shape index (κ1) is 19.0. The van der Waals surface area contributed by atoms with Crippen molar-refractivity contribution < 1.29 is 13.9 Å². The third-order valence-corrected chi connectivity index (χ3v) is 5.10. The zero-order valence-electron chi connectivity index (χ0n) is 16.5. The highest BCUT2D eigenvalue weighted by Gasteiger charge is 2.20. The number of halogens is 1. The van der Waals surface area contributed by atoms with Crippen molar-refractivity contribution in [3.63, 3.8) is 0 Å². The minimum absolute atomic E-state index is 0.215. The normalized spacial score (nSPS) is 14.0. The Morgan fingerprint density at radius 3 is 2.28 bits per heavy atom. The number of hydrogen-bond acceptors (Lipinski definition) is 6. The molecule has 0 aliphatic carbocycles. The first-order chi connectivity index (χ1) is 14.2. The van der Waals surface area contributed by atoms with Gasteiger partial charge in [0.1, 0.15) is 23.1 Å². The van der Waals surface area contributed by atoms with Crippen LogP contribution in [0.1, 0.15) is 0 Å². The summed E-state index contributed by atoms with van der Waals surface area (Å²) in [7, 11) is 3.27. The molecule has 0 amide bonds. The molecule has 150 valence electrons. The Morgan fingerprint density at radius 1 is 0.862 bits per heavy atom. The van der Waals surface area contributed by atoms with E-state index in [0.29, 0.717) is 0 Å². The van der Waals surface area contributed by atoms with Gasteiger partial charge in [0.25, 0.3) is 0 Å². The summed E-state index contributed by atoms with van der Waals surface area (Å²) in [5.41, 5.74) is 2.61. The summed E-state index contributed by atoms with van der Waals surface area (Å²) in [6.45, 7) is 3.29. The van der Waals surface area contributed by atoms with Gasteiger partial charge in [0.05, 0.1) is 32.3 Å². The van der Waals surface area contributed by atoms with E-state index in [2.05, 4.69) is 14.8 Å². The fraction of sp³-hybridized carbons (Fsp3) is 0.273. The molecule has 2 heterocycles. The molecule has 0 saturated carbocycles. The van der Waals surface area contributed by atoms with E-state index in [1.54, 1.807) is 26.6 Å². The quantitative estimate of drug-likeness (QED) is 0.659. The zero-order chi connectivity index (χ0) is 20.2. The predicted octanol–water partition coefficient (Wildman–Crippen LogP) is 3.63. The predicted molar refractivity (Wildman–Crippen MR) is 111 cm³/mol. The molecule has 0 unspecified atom stereocenters. The molecule has 0 atom stereocenters. The van der Waals surface area contributed by atoms with Crippen LogP contribution in [-0.4, -0.2) is 50.4 Å². The molecule has 29 heavy (non-hydrogen) atoms. The largest absolute Gasteiger partial charge is 0.497 e. The molecule has 3 aromatic rings. The van der Waals surface area contributed by atoms with Crippen molar-refractivity contribution in [1.29, 1.82) is 0 Å². The van der Waals surface area contributed by atoms with Crippen molar-refractivity contribution in [3.05, 3.63) is 60.7 Å². The van der Waals surface area contributed by atoms with Gasteiger partial charge in [-0.25, -0.2) is 9.37 Å². The number of rotatable bonds is 5. The van der Waals surface area contributed by atoms with Gasteiger partial charge in [0, 0.05) is 37.4 Å². The van der Waals surface area contributed by atoms with Crippen LogP contribution in [0.15, 0.2) is 54.9 Å². The molecule has 1 aromatic heterocycles. The fourth-order valence-corrected chi connectivity index (χ4v) is 3.50. The average molecular weight is 394 g/mol. The molecule has 1 aliphatic heterocycles. The lowest BCUT2D eigenvalue weighted by Crippen LogP contribution is -2.46. The summed E-state index contributed by atoms with van der Waals surface area (Å²) in [4.78, 5) is 13.7. The van der Waals surface area contributed by atoms with Crippen LogP contribution in [0, 0.1) is 5.82 Å². The standard InChI is InChI=1S/C22H23FN4O2/c1-28-18-7-8-21(29-2)19(13-18)20-14-24-15-22(25-20)27-11-9-26(10-12-27)17-5-3-16(23)4-6-17/h3-8,13-15H,9-12H2,1-2H3. The van der Waals surface area contributed by atoms with Gasteiger partial charge in [-0.05, 0) is 42.5 Å². The smallest absolute Gasteiger partial charge is 0.147 e. The first-order valence-electron chi connectivity index (χ1n) is 9.48. The number of benzene rings is 2. The van der Waals surface area contributed by atoms with Gasteiger partial charge in [-0.3, -0.25) is 4.98 Å². The number of anilines is 2. The van der Waals surface area contributed by atoms with E-state index in [1.165, 1.54) is 12.1 Å². The van der Waals surface area contributed by atoms with E-state index in [9.17, 15) is 4.39 Å². The van der Waals surface area contributed by atoms with Crippen molar-refractivity contribution in [2.45, 2.75) is 0 Å². The maximum absolute atomic E-state index is 13.2. The van der Waals surface area contributed by atoms with E-state index in [4.69, 9.17) is 14.5 Å². The monoisotopic (exact) mass is 394 g/mol. The summed E-state index contributed by atoms with van der Waals surface area (Å²) in [6.07, 6.45) is 3.51. The van der Waals surface area contributed by atoms with E-state index in [-0.39, 0.29) is 5.82 Å². The summed E-state index contributed by atoms with van der Waals surface area (Å²) in [6, 6.07) is 12.3. The highest BCUT2D eigenvalue weighted by Crippen LogP contribution is 2.33. The SMILES string of the molecule is COc1ccc(OC)c(-c2cncc(N3CCN(c4ccc(F)cc4)CC3)n2)c1. The average Bonchev–Trinajstić information content (AvgIpc) is 2.79. The number of hydrogen-bond donors (Lipinski definition) is 0. The topological polar surface area (TPSA) is 50.7 Å². The van der Waals surface area contributed by atoms with Crippen LogP contribution in [0.5, 0.6) is 11.5 Å². The molecule has 2 aromatic carbocycles. The Labute approximate surface area is 169 Å². The molecule has 7 heteroatoms. The Hall–Kier alpha value is -3.35. The molecule has 6 nitrogen and oxygen atoms in total. The molecule has 1 fully saturated rings. The number of aromatic nitrogens is 2. The number of ether oxygens (including phenoxy) is 2. The molecular formula is C22H23FN4O2. The third-order valence-electron chi connectivity index (χ3n) is 5.10. The van der Waals surface area contributed by atoms with Crippen LogP contribution in [-0.2, 0) is 0 Å². The molecule has 0 radical (unpaired) electrons. The van der Waals surface area contributed by atoms with E-state index in [0.717, 1.165) is 60.4 Å². The number of methoxy groups -OCH3 is 2. The molecular weight excluding hydrogens is 371 g/mol. The van der Waals surface area contributed by atoms with Gasteiger partial charge in [0.2, 0.25) is 0 Å². The number of nitrogens with zero attached hydrogens (tertiary/aromatic N) is 4. The Balaban J connectivity index is 1.52. The fourth-order valence-electron chi connectivity index (χ4n) is 3.50. The molecule has 0 spiro atoms. The lowest BCUT2D eigenvalue weighted by Gasteiger charge is -2.36. The molecule has 4 rings (SSSR count). The van der Waals surface area contributed by atoms with E-state index < -0.39 is 0 Å². The van der Waals surface area contributed by atoms with Crippen molar-refractivity contribution in [2.75, 3.05) is 50.2 Å². The van der Waals surface area contributed by atoms with Crippen molar-refractivity contribution in [3.8, 4) is 22.8 Å². The maximum Gasteiger partial charge on any atom is 0.147 e. The van der Waals surface area contributed by atoms with Crippen molar-refractivity contribution in [1.82, 2.24) is 9.97 Å². The molecule has 1 saturated heterocycles. The van der Waals surface area contributed by atoms with Gasteiger partial charge in [0.15, 0.2) is 0 Å². The minimum Gasteiger partial charge on any atom is -0.497 e. The summed E-state index contributed by atoms with van der Waals surface area (Å²) >= 11 is 0. The van der Waals surface area contributed by atoms with Crippen LogP contribution >= 0.6 is 0 Å². The molecule has 0 N–H and O–H groups in total. The molecule has 1 aliphatic rings. The lowest BCUT2D eigenvalue weighted by atomic mass is 10.1. The summed E-state index contributed by atoms with van der Waals surface area (Å²) in [5, 5.41) is 0. The highest BCUT2D eigenvalue weighted by molar-refractivity contribution is 5.69. The highest BCUT2D eigenvalue weighted by atomic mass is 19.1. The van der Waals surface area contributed by atoms with Crippen LogP contribution < -0.4 is 19.3 Å². The van der Waals surface area contributed by atoms with Crippen molar-refractivity contribution in [2.24, 2.45) is 0 Å². The van der Waals surface area contributed by atoms with Crippen LogP contribution in [0.3, 0.4) is 0 Å². The maximum atomic E-state index is 13.2. The van der Waals surface area contributed by atoms with Gasteiger partial charge in [-0.2, -0.15) is 0 Å². The lowest BCUT2D eigenvalue weighted by molar-refractivity contribution is 0.404. The van der Waals surface area contributed by atoms with Crippen LogP contribution in [0.25, 0.3) is 11.3 Å². The summed E-state index contributed by atoms with van der Waals surface area (Å²) < 4.78 is 24.0. The third kappa shape index (κ3) is 4.08. The second-order valence-corrected chi connectivity index (χ2v) is 6.78. The van der Waals surface area contributed by atoms with Gasteiger partial charge >= 0.3 is 0 Å². The Bertz CT molecular complexity index is 973. The van der Waals surface area contributed by atoms with Crippen molar-refractivity contribution >= 4 is 11.5 Å². The Morgan fingerprint density at radius 2 is 1.59 bits per heavy atom. The van der Waals surface area contributed by atoms with Gasteiger partial charge in [-0.1, -0.05) is 0 Å². The zero-order valence-corrected chi connectivity index (χ0v) is 16.5. The minimum atomic E-state index is -0.215. The van der Waals surface area contributed by atoms with Crippen LogP contribution in [0.4, 0.5) is 15.9 Å². The molecule has 0 bridgehead atoms. The van der Waals surface area contributed by atoms with Gasteiger partial charge in [-0.15, -0.1) is 0 Å². The van der Waals surface area contributed by atoms with Gasteiger partial charge < -0.3 is 19.3 Å². The van der Waals surface area contributed by atoms with Crippen LogP contribution in [0.2, 0.25) is 0 Å². The first-order valence-corrected chi connectivity index (χ1v) is 9.48. The van der Waals surface area contributed by atoms with E-state index >= 15 is 0 Å².